The van der Waals surface area contributed by atoms with Gasteiger partial charge in [-0.3, -0.25) is 9.59 Å². The third-order valence-corrected chi connectivity index (χ3v) is 1.88. The Hall–Kier alpha value is -1.85. The normalized spacial score (nSPS) is 10.8. The molecule has 0 saturated carbocycles. The molecule has 2 N–H and O–H groups in total. The Kier molecular flexibility index (Phi) is 7.41. The number of aliphatic carboxylic acids is 1. The van der Waals surface area contributed by atoms with E-state index in [4.69, 9.17) is 5.11 Å². The molecule has 0 aliphatic rings. The molecule has 0 aromatic heterocycles. The van der Waals surface area contributed by atoms with Crippen molar-refractivity contribution >= 4 is 17.8 Å². The lowest BCUT2D eigenvalue weighted by Crippen LogP contribution is -2.27. The first-order valence-electron chi connectivity index (χ1n) is 5.36. The summed E-state index contributed by atoms with van der Waals surface area (Å²) >= 11 is 0. The molecule has 17 heavy (non-hydrogen) atoms. The van der Waals surface area contributed by atoms with Gasteiger partial charge < -0.3 is 15.2 Å². The van der Waals surface area contributed by atoms with Crippen LogP contribution in [0.1, 0.15) is 33.1 Å². The predicted molar refractivity (Wildman–Crippen MR) is 60.0 cm³/mol. The molecule has 96 valence electrons. The van der Waals surface area contributed by atoms with Gasteiger partial charge in [0, 0.05) is 12.8 Å². The van der Waals surface area contributed by atoms with E-state index in [1.54, 1.807) is 6.92 Å². The molecule has 0 saturated heterocycles. The number of rotatable bonds is 7. The van der Waals surface area contributed by atoms with Crippen molar-refractivity contribution in [2.45, 2.75) is 33.1 Å². The maximum atomic E-state index is 11.3. The molecule has 0 aliphatic heterocycles. The zero-order chi connectivity index (χ0) is 13.3. The monoisotopic (exact) mass is 243 g/mol. The van der Waals surface area contributed by atoms with Crippen molar-refractivity contribution in [3.8, 4) is 0 Å². The van der Waals surface area contributed by atoms with E-state index in [1.165, 1.54) is 13.0 Å². The fourth-order valence-electron chi connectivity index (χ4n) is 1.09. The summed E-state index contributed by atoms with van der Waals surface area (Å²) in [5.74, 6) is -1.97. The quantitative estimate of drug-likeness (QED) is 0.510. The van der Waals surface area contributed by atoms with E-state index in [0.717, 1.165) is 0 Å². The Bertz CT molecular complexity index is 322. The second kappa shape index (κ2) is 8.32. The van der Waals surface area contributed by atoms with Crippen LogP contribution in [-0.4, -0.2) is 29.6 Å². The number of allylic oxidation sites excluding steroid dienone is 1. The van der Waals surface area contributed by atoms with Crippen LogP contribution >= 0.6 is 0 Å². The maximum absolute atomic E-state index is 11.3. The molecule has 0 heterocycles. The molecular weight excluding hydrogens is 226 g/mol. The minimum absolute atomic E-state index is 0.0867. The topological polar surface area (TPSA) is 92.7 Å². The van der Waals surface area contributed by atoms with Gasteiger partial charge in [-0.2, -0.15) is 0 Å². The second-order valence-electron chi connectivity index (χ2n) is 3.21. The number of carbonyl (C=O) groups excluding carboxylic acids is 2. The van der Waals surface area contributed by atoms with E-state index < -0.39 is 11.9 Å². The number of ether oxygens (including phenoxy) is 1. The van der Waals surface area contributed by atoms with Gasteiger partial charge in [0.25, 0.3) is 0 Å². The molecule has 0 spiro atoms. The summed E-state index contributed by atoms with van der Waals surface area (Å²) in [6.07, 6.45) is 1.87. The molecule has 6 nitrogen and oxygen atoms in total. The molecule has 0 atom stereocenters. The number of esters is 1. The van der Waals surface area contributed by atoms with E-state index >= 15 is 0 Å². The van der Waals surface area contributed by atoms with Gasteiger partial charge in [-0.15, -0.1) is 0 Å². The van der Waals surface area contributed by atoms with Gasteiger partial charge in [0.05, 0.1) is 6.61 Å². The number of carboxylic acid groups (broad SMARTS) is 1. The van der Waals surface area contributed by atoms with Crippen molar-refractivity contribution in [3.05, 3.63) is 11.8 Å². The van der Waals surface area contributed by atoms with Gasteiger partial charge in [-0.05, 0) is 20.3 Å². The standard InChI is InChI=1S/C11H17NO5/c1-3-8(11(15)16)12-9(13)6-5-7-10(14)17-4-2/h3H,4-7H2,1-2H3,(H,12,13)(H,15,16)/b8-3-. The molecular formula is C11H17NO5. The van der Waals surface area contributed by atoms with Crippen molar-refractivity contribution in [3.63, 3.8) is 0 Å². The van der Waals surface area contributed by atoms with Crippen LogP contribution in [-0.2, 0) is 19.1 Å². The van der Waals surface area contributed by atoms with E-state index in [2.05, 4.69) is 10.1 Å². The molecule has 0 aromatic carbocycles. The van der Waals surface area contributed by atoms with Gasteiger partial charge >= 0.3 is 11.9 Å². The van der Waals surface area contributed by atoms with Gasteiger partial charge in [-0.25, -0.2) is 4.79 Å². The van der Waals surface area contributed by atoms with Gasteiger partial charge in [0.15, 0.2) is 0 Å². The molecule has 0 radical (unpaired) electrons. The van der Waals surface area contributed by atoms with Crippen LogP contribution in [0.5, 0.6) is 0 Å². The number of amides is 1. The minimum Gasteiger partial charge on any atom is -0.477 e. The third-order valence-electron chi connectivity index (χ3n) is 1.88. The van der Waals surface area contributed by atoms with Crippen molar-refractivity contribution < 1.29 is 24.2 Å². The van der Waals surface area contributed by atoms with Crippen molar-refractivity contribution in [1.82, 2.24) is 5.32 Å². The average molecular weight is 243 g/mol. The summed E-state index contributed by atoms with van der Waals surface area (Å²) in [6, 6.07) is 0. The Balaban J connectivity index is 3.88. The smallest absolute Gasteiger partial charge is 0.352 e. The van der Waals surface area contributed by atoms with Crippen LogP contribution < -0.4 is 5.32 Å². The molecule has 0 bridgehead atoms. The summed E-state index contributed by atoms with van der Waals surface area (Å²) in [5.41, 5.74) is -0.161. The largest absolute Gasteiger partial charge is 0.477 e. The highest BCUT2D eigenvalue weighted by atomic mass is 16.5. The fourth-order valence-corrected chi connectivity index (χ4v) is 1.09. The third kappa shape index (κ3) is 7.10. The molecule has 0 aliphatic carbocycles. The molecule has 6 heteroatoms. The number of carbonyl (C=O) groups is 3. The highest BCUT2D eigenvalue weighted by Gasteiger charge is 2.10. The second-order valence-corrected chi connectivity index (χ2v) is 3.21. The minimum atomic E-state index is -1.19. The Labute approximate surface area is 99.6 Å². The van der Waals surface area contributed by atoms with Crippen LogP contribution in [0.2, 0.25) is 0 Å². The van der Waals surface area contributed by atoms with Crippen LogP contribution in [0.25, 0.3) is 0 Å². The molecule has 0 aromatic rings. The number of carboxylic acids is 1. The van der Waals surface area contributed by atoms with Crippen molar-refractivity contribution in [2.75, 3.05) is 6.61 Å². The highest BCUT2D eigenvalue weighted by Crippen LogP contribution is 1.99. The van der Waals surface area contributed by atoms with E-state index in [1.807, 2.05) is 0 Å². The lowest BCUT2D eigenvalue weighted by molar-refractivity contribution is -0.143. The Morgan fingerprint density at radius 2 is 1.94 bits per heavy atom. The molecule has 0 fully saturated rings. The molecule has 0 unspecified atom stereocenters. The Morgan fingerprint density at radius 1 is 1.29 bits per heavy atom. The lowest BCUT2D eigenvalue weighted by atomic mass is 10.2. The Morgan fingerprint density at radius 3 is 2.41 bits per heavy atom. The maximum Gasteiger partial charge on any atom is 0.352 e. The first kappa shape index (κ1) is 15.2. The van der Waals surface area contributed by atoms with Gasteiger partial charge in [0.1, 0.15) is 5.70 Å². The van der Waals surface area contributed by atoms with Crippen molar-refractivity contribution in [2.24, 2.45) is 0 Å². The summed E-state index contributed by atoms with van der Waals surface area (Å²) in [6.45, 7) is 3.53. The van der Waals surface area contributed by atoms with Crippen LogP contribution in [0, 0.1) is 0 Å². The molecule has 0 rings (SSSR count). The first-order chi connectivity index (χ1) is 8.01. The zero-order valence-electron chi connectivity index (χ0n) is 9.99. The average Bonchev–Trinajstić information content (AvgIpc) is 2.25. The number of nitrogens with one attached hydrogen (secondary N) is 1. The van der Waals surface area contributed by atoms with E-state index in [0.29, 0.717) is 13.0 Å². The number of hydrogen-bond acceptors (Lipinski definition) is 4. The molecule has 1 amide bonds. The lowest BCUT2D eigenvalue weighted by Gasteiger charge is -2.05. The van der Waals surface area contributed by atoms with Gasteiger partial charge in [0.2, 0.25) is 5.91 Å². The summed E-state index contributed by atoms with van der Waals surface area (Å²) in [7, 11) is 0. The first-order valence-corrected chi connectivity index (χ1v) is 5.36. The predicted octanol–water partition coefficient (Wildman–Crippen LogP) is 0.824. The number of hydrogen-bond donors (Lipinski definition) is 2. The van der Waals surface area contributed by atoms with Crippen LogP contribution in [0.4, 0.5) is 0 Å². The van der Waals surface area contributed by atoms with Crippen LogP contribution in [0.15, 0.2) is 11.8 Å². The van der Waals surface area contributed by atoms with Crippen molar-refractivity contribution in [1.29, 1.82) is 0 Å². The zero-order valence-corrected chi connectivity index (χ0v) is 9.99. The van der Waals surface area contributed by atoms with E-state index in [9.17, 15) is 14.4 Å². The SMILES string of the molecule is C/C=C(\NC(=O)CCCC(=O)OCC)C(=O)O. The summed E-state index contributed by atoms with van der Waals surface area (Å²) in [5, 5.41) is 10.9. The highest BCUT2D eigenvalue weighted by molar-refractivity contribution is 5.92. The van der Waals surface area contributed by atoms with E-state index in [-0.39, 0.29) is 24.5 Å². The van der Waals surface area contributed by atoms with Gasteiger partial charge in [-0.1, -0.05) is 6.08 Å². The van der Waals surface area contributed by atoms with Crippen LogP contribution in [0.3, 0.4) is 0 Å². The summed E-state index contributed by atoms with van der Waals surface area (Å²) < 4.78 is 4.69. The summed E-state index contributed by atoms with van der Waals surface area (Å²) in [4.78, 5) is 32.8. The fraction of sp³-hybridized carbons (Fsp3) is 0.545.